The number of sulfonamides is 1. The number of fused-ring (bicyclic) bond motifs is 1. The third-order valence-corrected chi connectivity index (χ3v) is 10.9. The molecule has 1 aliphatic rings. The van der Waals surface area contributed by atoms with Gasteiger partial charge in [-0.1, -0.05) is 29.0 Å². The first-order chi connectivity index (χ1) is 16.7. The highest BCUT2D eigenvalue weighted by Gasteiger charge is 2.35. The molecule has 35 heavy (non-hydrogen) atoms. The van der Waals surface area contributed by atoms with Crippen molar-refractivity contribution in [2.45, 2.75) is 23.5 Å². The van der Waals surface area contributed by atoms with Gasteiger partial charge in [-0.3, -0.25) is 9.69 Å². The van der Waals surface area contributed by atoms with Crippen LogP contribution in [-0.2, 0) is 14.8 Å². The second-order valence-electron chi connectivity index (χ2n) is 8.68. The minimum absolute atomic E-state index is 0.0222. The Kier molecular flexibility index (Phi) is 8.34. The molecule has 0 N–H and O–H groups in total. The molecule has 0 unspecified atom stereocenters. The Morgan fingerprint density at radius 3 is 2.60 bits per heavy atom. The summed E-state index contributed by atoms with van der Waals surface area (Å²) in [6.45, 7) is 1.99. The number of hydrogen-bond acceptors (Lipinski definition) is 8. The van der Waals surface area contributed by atoms with E-state index in [2.05, 4.69) is 4.90 Å². The van der Waals surface area contributed by atoms with Crippen molar-refractivity contribution in [3.8, 4) is 5.75 Å². The molecule has 1 aliphatic heterocycles. The monoisotopic (exact) mass is 556 g/mol. The number of benzene rings is 1. The van der Waals surface area contributed by atoms with Crippen LogP contribution < -0.4 is 9.64 Å². The number of ether oxygens (including phenoxy) is 1. The summed E-state index contributed by atoms with van der Waals surface area (Å²) in [6.07, 6.45) is 1.73. The molecular formula is C23H29ClN4O4S3. The summed E-state index contributed by atoms with van der Waals surface area (Å²) in [4.78, 5) is 22.3. The molecule has 8 nitrogen and oxygen atoms in total. The van der Waals surface area contributed by atoms with Gasteiger partial charge in [-0.05, 0) is 63.5 Å². The van der Waals surface area contributed by atoms with E-state index < -0.39 is 10.0 Å². The van der Waals surface area contributed by atoms with E-state index in [-0.39, 0.29) is 11.8 Å². The van der Waals surface area contributed by atoms with Gasteiger partial charge in [-0.15, -0.1) is 11.3 Å². The second-order valence-corrected chi connectivity index (χ2v) is 13.2. The number of aromatic nitrogens is 1. The van der Waals surface area contributed by atoms with Crippen molar-refractivity contribution in [2.24, 2.45) is 5.92 Å². The Morgan fingerprint density at radius 2 is 1.97 bits per heavy atom. The predicted octanol–water partition coefficient (Wildman–Crippen LogP) is 4.41. The summed E-state index contributed by atoms with van der Waals surface area (Å²) in [7, 11) is 2.07. The molecule has 1 aromatic carbocycles. The van der Waals surface area contributed by atoms with E-state index >= 15 is 0 Å². The third-order valence-electron chi connectivity index (χ3n) is 6.04. The van der Waals surface area contributed by atoms with Crippen LogP contribution in [-0.4, -0.2) is 75.9 Å². The van der Waals surface area contributed by atoms with Gasteiger partial charge in [0.05, 0.1) is 16.8 Å². The van der Waals surface area contributed by atoms with E-state index in [0.29, 0.717) is 58.1 Å². The average molecular weight is 557 g/mol. The summed E-state index contributed by atoms with van der Waals surface area (Å²) < 4.78 is 33.8. The van der Waals surface area contributed by atoms with Crippen molar-refractivity contribution in [1.29, 1.82) is 0 Å². The molecule has 0 aliphatic carbocycles. The van der Waals surface area contributed by atoms with Crippen LogP contribution in [0, 0.1) is 5.92 Å². The van der Waals surface area contributed by atoms with Crippen LogP contribution >= 0.6 is 34.3 Å². The van der Waals surface area contributed by atoms with E-state index in [9.17, 15) is 13.2 Å². The van der Waals surface area contributed by atoms with Gasteiger partial charge in [0.2, 0.25) is 5.91 Å². The molecule has 1 saturated heterocycles. The fraction of sp³-hybridized carbons (Fsp3) is 0.478. The van der Waals surface area contributed by atoms with E-state index in [0.717, 1.165) is 17.7 Å². The number of thiophene rings is 1. The van der Waals surface area contributed by atoms with Crippen LogP contribution in [0.4, 0.5) is 5.13 Å². The van der Waals surface area contributed by atoms with Crippen molar-refractivity contribution in [1.82, 2.24) is 14.2 Å². The highest BCUT2D eigenvalue weighted by Crippen LogP contribution is 2.39. The van der Waals surface area contributed by atoms with Crippen molar-refractivity contribution in [3.05, 3.63) is 34.7 Å². The normalized spacial score (nSPS) is 15.7. The molecule has 1 amide bonds. The zero-order valence-corrected chi connectivity index (χ0v) is 23.1. The van der Waals surface area contributed by atoms with Gasteiger partial charge in [-0.25, -0.2) is 13.4 Å². The predicted molar refractivity (Wildman–Crippen MR) is 143 cm³/mol. The summed E-state index contributed by atoms with van der Waals surface area (Å²) in [5.41, 5.74) is 0.641. The lowest BCUT2D eigenvalue weighted by molar-refractivity contribution is -0.123. The number of piperidine rings is 1. The van der Waals surface area contributed by atoms with Crippen LogP contribution in [0.1, 0.15) is 19.3 Å². The Bertz CT molecular complexity index is 1270. The Hall–Kier alpha value is -1.76. The summed E-state index contributed by atoms with van der Waals surface area (Å²) in [5.74, 6) is 0.319. The van der Waals surface area contributed by atoms with Crippen LogP contribution in [0.2, 0.25) is 5.02 Å². The summed E-state index contributed by atoms with van der Waals surface area (Å²) >= 11 is 9.02. The van der Waals surface area contributed by atoms with Crippen molar-refractivity contribution in [3.63, 3.8) is 0 Å². The van der Waals surface area contributed by atoms with E-state index in [1.807, 2.05) is 14.1 Å². The number of carbonyl (C=O) groups excluding carboxylic acids is 1. The maximum atomic E-state index is 13.7. The van der Waals surface area contributed by atoms with E-state index in [4.69, 9.17) is 21.3 Å². The number of carbonyl (C=O) groups is 1. The SMILES string of the molecule is COc1ccc(Cl)c2sc(N(CCCN(C)C)C(=O)C3CCN(S(=O)(=O)c4cccs4)CC3)nc12. The molecule has 0 atom stereocenters. The summed E-state index contributed by atoms with van der Waals surface area (Å²) in [6, 6.07) is 6.90. The van der Waals surface area contributed by atoms with E-state index in [1.165, 1.54) is 27.0 Å². The highest BCUT2D eigenvalue weighted by molar-refractivity contribution is 7.91. The standard InChI is InChI=1S/C23H29ClN4O4S3/c1-26(2)11-5-12-28(23-25-20-18(32-3)8-7-17(24)21(20)34-23)22(29)16-9-13-27(14-10-16)35(30,31)19-6-4-15-33-19/h4,6-8,15-16H,5,9-14H2,1-3H3. The Labute approximate surface area is 219 Å². The van der Waals surface area contributed by atoms with Crippen molar-refractivity contribution >= 4 is 65.6 Å². The van der Waals surface area contributed by atoms with Gasteiger partial charge in [0, 0.05) is 25.6 Å². The third kappa shape index (κ3) is 5.65. The smallest absolute Gasteiger partial charge is 0.252 e. The molecule has 2 aromatic heterocycles. The molecule has 3 aromatic rings. The van der Waals surface area contributed by atoms with Crippen LogP contribution in [0.15, 0.2) is 33.9 Å². The molecule has 190 valence electrons. The fourth-order valence-corrected chi connectivity index (χ4v) is 8.07. The fourth-order valence-electron chi connectivity index (χ4n) is 4.17. The molecule has 12 heteroatoms. The summed E-state index contributed by atoms with van der Waals surface area (Å²) in [5, 5.41) is 2.91. The zero-order valence-electron chi connectivity index (χ0n) is 19.9. The Balaban J connectivity index is 1.55. The minimum Gasteiger partial charge on any atom is -0.494 e. The molecule has 0 saturated carbocycles. The first-order valence-electron chi connectivity index (χ1n) is 11.3. The van der Waals surface area contributed by atoms with Gasteiger partial charge in [0.25, 0.3) is 10.0 Å². The zero-order chi connectivity index (χ0) is 25.2. The van der Waals surface area contributed by atoms with Gasteiger partial charge >= 0.3 is 0 Å². The quantitative estimate of drug-likeness (QED) is 0.388. The van der Waals surface area contributed by atoms with Gasteiger partial charge in [0.1, 0.15) is 15.5 Å². The van der Waals surface area contributed by atoms with Crippen molar-refractivity contribution < 1.29 is 17.9 Å². The van der Waals surface area contributed by atoms with Gasteiger partial charge in [0.15, 0.2) is 5.13 Å². The lowest BCUT2D eigenvalue weighted by Gasteiger charge is -2.32. The van der Waals surface area contributed by atoms with Crippen LogP contribution in [0.3, 0.4) is 0 Å². The number of rotatable bonds is 9. The van der Waals surface area contributed by atoms with Crippen LogP contribution in [0.25, 0.3) is 10.2 Å². The van der Waals surface area contributed by atoms with Crippen LogP contribution in [0.5, 0.6) is 5.75 Å². The molecule has 4 rings (SSSR count). The minimum atomic E-state index is -3.51. The lowest BCUT2D eigenvalue weighted by Crippen LogP contribution is -2.45. The Morgan fingerprint density at radius 1 is 1.23 bits per heavy atom. The number of thiazole rings is 1. The number of hydrogen-bond donors (Lipinski definition) is 0. The molecule has 3 heterocycles. The van der Waals surface area contributed by atoms with E-state index in [1.54, 1.807) is 41.7 Å². The maximum Gasteiger partial charge on any atom is 0.252 e. The van der Waals surface area contributed by atoms with Gasteiger partial charge < -0.3 is 9.64 Å². The number of nitrogens with zero attached hydrogens (tertiary/aromatic N) is 4. The molecule has 1 fully saturated rings. The molecular weight excluding hydrogens is 528 g/mol. The van der Waals surface area contributed by atoms with Gasteiger partial charge in [-0.2, -0.15) is 4.31 Å². The number of amides is 1. The molecule has 0 bridgehead atoms. The number of halogens is 1. The maximum absolute atomic E-state index is 13.7. The molecule has 0 radical (unpaired) electrons. The lowest BCUT2D eigenvalue weighted by atomic mass is 9.96. The average Bonchev–Trinajstić information content (AvgIpc) is 3.53. The number of anilines is 1. The topological polar surface area (TPSA) is 83.0 Å². The highest BCUT2D eigenvalue weighted by atomic mass is 35.5. The first kappa shape index (κ1) is 26.3. The first-order valence-corrected chi connectivity index (χ1v) is 14.9. The molecule has 0 spiro atoms. The second kappa shape index (κ2) is 11.1. The largest absolute Gasteiger partial charge is 0.494 e. The number of methoxy groups -OCH3 is 1. The van der Waals surface area contributed by atoms with Crippen molar-refractivity contribution in [2.75, 3.05) is 52.3 Å².